The van der Waals surface area contributed by atoms with Crippen molar-refractivity contribution in [3.8, 4) is 0 Å². The van der Waals surface area contributed by atoms with E-state index in [1.165, 1.54) is 0 Å². The first-order valence-corrected chi connectivity index (χ1v) is 6.57. The molecule has 102 valence electrons. The fourth-order valence-electron chi connectivity index (χ4n) is 2.34. The standard InChI is InChI=1S/C14H29NO2/c1-10(9-14(4,5)6)7-13(17)15-11(2)8-12(3)16/h10-12,16H,7-9H2,1-6H3,(H,15,17). The van der Waals surface area contributed by atoms with Gasteiger partial charge in [-0.25, -0.2) is 0 Å². The van der Waals surface area contributed by atoms with Gasteiger partial charge in [0.25, 0.3) is 0 Å². The molecule has 0 aliphatic carbocycles. The Labute approximate surface area is 106 Å². The van der Waals surface area contributed by atoms with E-state index in [1.54, 1.807) is 6.92 Å². The number of hydrogen-bond acceptors (Lipinski definition) is 2. The number of rotatable bonds is 6. The van der Waals surface area contributed by atoms with Crippen molar-refractivity contribution >= 4 is 5.91 Å². The van der Waals surface area contributed by atoms with Crippen LogP contribution in [0.15, 0.2) is 0 Å². The Bertz CT molecular complexity index is 231. The fourth-order valence-corrected chi connectivity index (χ4v) is 2.34. The van der Waals surface area contributed by atoms with E-state index in [0.29, 0.717) is 18.8 Å². The molecule has 0 saturated heterocycles. The molecule has 0 saturated carbocycles. The Kier molecular flexibility index (Phi) is 6.76. The summed E-state index contributed by atoms with van der Waals surface area (Å²) in [6.45, 7) is 12.4. The van der Waals surface area contributed by atoms with Crippen LogP contribution in [0.3, 0.4) is 0 Å². The zero-order chi connectivity index (χ0) is 13.6. The minimum atomic E-state index is -0.364. The predicted octanol–water partition coefficient (Wildman–Crippen LogP) is 2.72. The van der Waals surface area contributed by atoms with Gasteiger partial charge in [-0.3, -0.25) is 4.79 Å². The van der Waals surface area contributed by atoms with Crippen molar-refractivity contribution in [2.75, 3.05) is 0 Å². The highest BCUT2D eigenvalue weighted by atomic mass is 16.3. The molecule has 0 aliphatic heterocycles. The second kappa shape index (κ2) is 7.00. The molecule has 3 unspecified atom stereocenters. The summed E-state index contributed by atoms with van der Waals surface area (Å²) in [6, 6.07) is 0.0457. The van der Waals surface area contributed by atoms with Crippen molar-refractivity contribution in [2.45, 2.75) is 73.0 Å². The summed E-state index contributed by atoms with van der Waals surface area (Å²) in [7, 11) is 0. The van der Waals surface area contributed by atoms with Gasteiger partial charge in [0.2, 0.25) is 5.91 Å². The van der Waals surface area contributed by atoms with Gasteiger partial charge in [0, 0.05) is 12.5 Å². The van der Waals surface area contributed by atoms with E-state index in [9.17, 15) is 9.90 Å². The van der Waals surface area contributed by atoms with Gasteiger partial charge >= 0.3 is 0 Å². The largest absolute Gasteiger partial charge is 0.393 e. The summed E-state index contributed by atoms with van der Waals surface area (Å²) in [6.07, 6.45) is 1.86. The number of carbonyl (C=O) groups excluding carboxylic acids is 1. The molecule has 0 bridgehead atoms. The Hall–Kier alpha value is -0.570. The molecule has 0 radical (unpaired) electrons. The maximum atomic E-state index is 11.7. The highest BCUT2D eigenvalue weighted by Crippen LogP contribution is 2.25. The molecule has 0 rings (SSSR count). The molecular formula is C14H29NO2. The van der Waals surface area contributed by atoms with Crippen LogP contribution in [-0.2, 0) is 4.79 Å². The summed E-state index contributed by atoms with van der Waals surface area (Å²) >= 11 is 0. The minimum Gasteiger partial charge on any atom is -0.393 e. The molecule has 0 aromatic carbocycles. The summed E-state index contributed by atoms with van der Waals surface area (Å²) in [5.74, 6) is 0.489. The number of amides is 1. The first kappa shape index (κ1) is 16.4. The fraction of sp³-hybridized carbons (Fsp3) is 0.929. The molecule has 2 N–H and O–H groups in total. The van der Waals surface area contributed by atoms with Crippen LogP contribution in [0.25, 0.3) is 0 Å². The van der Waals surface area contributed by atoms with Gasteiger partial charge in [0.05, 0.1) is 6.10 Å². The third kappa shape index (κ3) is 10.3. The first-order valence-electron chi connectivity index (χ1n) is 6.57. The first-order chi connectivity index (χ1) is 7.60. The Balaban J connectivity index is 3.93. The van der Waals surface area contributed by atoms with Crippen molar-refractivity contribution in [3.05, 3.63) is 0 Å². The van der Waals surface area contributed by atoms with E-state index in [0.717, 1.165) is 6.42 Å². The average Bonchev–Trinajstić information content (AvgIpc) is 1.95. The number of nitrogens with one attached hydrogen (secondary N) is 1. The quantitative estimate of drug-likeness (QED) is 0.753. The van der Waals surface area contributed by atoms with Crippen molar-refractivity contribution in [1.82, 2.24) is 5.32 Å². The summed E-state index contributed by atoms with van der Waals surface area (Å²) in [4.78, 5) is 11.7. The van der Waals surface area contributed by atoms with Crippen LogP contribution in [0, 0.1) is 11.3 Å². The lowest BCUT2D eigenvalue weighted by atomic mass is 9.84. The second-order valence-electron chi connectivity index (χ2n) is 6.63. The predicted molar refractivity (Wildman–Crippen MR) is 71.8 cm³/mol. The third-order valence-electron chi connectivity index (χ3n) is 2.60. The molecule has 0 aliphatic rings. The smallest absolute Gasteiger partial charge is 0.220 e. The molecule has 17 heavy (non-hydrogen) atoms. The summed E-state index contributed by atoms with van der Waals surface area (Å²) in [5.41, 5.74) is 0.269. The van der Waals surface area contributed by atoms with E-state index in [2.05, 4.69) is 33.0 Å². The maximum absolute atomic E-state index is 11.7. The van der Waals surface area contributed by atoms with Gasteiger partial charge in [0.15, 0.2) is 0 Å². The van der Waals surface area contributed by atoms with E-state index >= 15 is 0 Å². The lowest BCUT2D eigenvalue weighted by Crippen LogP contribution is -2.35. The molecule has 3 nitrogen and oxygen atoms in total. The molecular weight excluding hydrogens is 214 g/mol. The van der Waals surface area contributed by atoms with E-state index in [1.807, 2.05) is 6.92 Å². The highest BCUT2D eigenvalue weighted by molar-refractivity contribution is 5.76. The highest BCUT2D eigenvalue weighted by Gasteiger charge is 2.18. The average molecular weight is 243 g/mol. The number of carbonyl (C=O) groups is 1. The van der Waals surface area contributed by atoms with Crippen LogP contribution in [0.2, 0.25) is 0 Å². The normalized spacial score (nSPS) is 17.4. The Morgan fingerprint density at radius 1 is 1.24 bits per heavy atom. The molecule has 0 aromatic heterocycles. The van der Waals surface area contributed by atoms with Crippen LogP contribution in [-0.4, -0.2) is 23.2 Å². The Morgan fingerprint density at radius 3 is 2.18 bits per heavy atom. The summed E-state index contributed by atoms with van der Waals surface area (Å²) < 4.78 is 0. The van der Waals surface area contributed by atoms with Gasteiger partial charge in [0.1, 0.15) is 0 Å². The van der Waals surface area contributed by atoms with Gasteiger partial charge < -0.3 is 10.4 Å². The monoisotopic (exact) mass is 243 g/mol. The third-order valence-corrected chi connectivity index (χ3v) is 2.60. The zero-order valence-corrected chi connectivity index (χ0v) is 12.2. The lowest BCUT2D eigenvalue weighted by Gasteiger charge is -2.23. The zero-order valence-electron chi connectivity index (χ0n) is 12.2. The topological polar surface area (TPSA) is 49.3 Å². The minimum absolute atomic E-state index is 0.0457. The van der Waals surface area contributed by atoms with Crippen molar-refractivity contribution in [1.29, 1.82) is 0 Å². The SMILES string of the molecule is CC(O)CC(C)NC(=O)CC(C)CC(C)(C)C. The van der Waals surface area contributed by atoms with E-state index in [-0.39, 0.29) is 23.5 Å². The van der Waals surface area contributed by atoms with Gasteiger partial charge in [-0.05, 0) is 38.0 Å². The van der Waals surface area contributed by atoms with Gasteiger partial charge in [-0.1, -0.05) is 27.7 Å². The molecule has 3 heteroatoms. The van der Waals surface area contributed by atoms with Crippen molar-refractivity contribution in [2.24, 2.45) is 11.3 Å². The maximum Gasteiger partial charge on any atom is 0.220 e. The number of aliphatic hydroxyl groups is 1. The Morgan fingerprint density at radius 2 is 1.76 bits per heavy atom. The summed E-state index contributed by atoms with van der Waals surface area (Å²) in [5, 5.41) is 12.1. The van der Waals surface area contributed by atoms with Gasteiger partial charge in [-0.2, -0.15) is 0 Å². The molecule has 0 spiro atoms. The van der Waals surface area contributed by atoms with Crippen LogP contribution in [0.1, 0.15) is 60.8 Å². The number of aliphatic hydroxyl groups excluding tert-OH is 1. The van der Waals surface area contributed by atoms with Crippen LogP contribution in [0.4, 0.5) is 0 Å². The molecule has 0 fully saturated rings. The molecule has 3 atom stereocenters. The van der Waals surface area contributed by atoms with Crippen molar-refractivity contribution < 1.29 is 9.90 Å². The van der Waals surface area contributed by atoms with Crippen LogP contribution in [0.5, 0.6) is 0 Å². The van der Waals surface area contributed by atoms with Crippen molar-refractivity contribution in [3.63, 3.8) is 0 Å². The van der Waals surface area contributed by atoms with Gasteiger partial charge in [-0.15, -0.1) is 0 Å². The lowest BCUT2D eigenvalue weighted by molar-refractivity contribution is -0.122. The van der Waals surface area contributed by atoms with Crippen LogP contribution < -0.4 is 5.32 Å². The second-order valence-corrected chi connectivity index (χ2v) is 6.63. The number of hydrogen-bond donors (Lipinski definition) is 2. The molecule has 1 amide bonds. The van der Waals surface area contributed by atoms with Crippen LogP contribution >= 0.6 is 0 Å². The van der Waals surface area contributed by atoms with E-state index in [4.69, 9.17) is 0 Å². The van der Waals surface area contributed by atoms with E-state index < -0.39 is 0 Å². The molecule has 0 heterocycles. The molecule has 0 aromatic rings.